The maximum atomic E-state index is 15.1. The molecule has 1 aliphatic carbocycles. The fourth-order valence-electron chi connectivity index (χ4n) is 3.16. The van der Waals surface area contributed by atoms with Gasteiger partial charge in [0.25, 0.3) is 5.91 Å². The van der Waals surface area contributed by atoms with Gasteiger partial charge in [0.15, 0.2) is 0 Å². The van der Waals surface area contributed by atoms with Crippen LogP contribution >= 0.6 is 35.1 Å². The van der Waals surface area contributed by atoms with Gasteiger partial charge in [0, 0.05) is 36.7 Å². The normalized spacial score (nSPS) is 21.0. The third kappa shape index (κ3) is 6.58. The van der Waals surface area contributed by atoms with Gasteiger partial charge in [0.2, 0.25) is 0 Å². The fraction of sp³-hybridized carbons (Fsp3) is 0.333. The molecule has 164 valence electrons. The van der Waals surface area contributed by atoms with E-state index in [4.69, 9.17) is 23.2 Å². The van der Waals surface area contributed by atoms with Crippen LogP contribution in [0.4, 0.5) is 4.39 Å². The summed E-state index contributed by atoms with van der Waals surface area (Å²) in [6.45, 7) is 6.49. The van der Waals surface area contributed by atoms with Crippen LogP contribution in [0.25, 0.3) is 0 Å². The molecule has 7 heteroatoms. The summed E-state index contributed by atoms with van der Waals surface area (Å²) in [5.74, 6) is -0.0904. The van der Waals surface area contributed by atoms with Crippen molar-refractivity contribution in [2.24, 2.45) is 5.92 Å². The molecule has 31 heavy (non-hydrogen) atoms. The average Bonchev–Trinajstić information content (AvgIpc) is 3.40. The Morgan fingerprint density at radius 3 is 2.74 bits per heavy atom. The van der Waals surface area contributed by atoms with Crippen molar-refractivity contribution in [1.29, 1.82) is 0 Å². The Hall–Kier alpha value is -1.82. The highest BCUT2D eigenvalue weighted by atomic mass is 35.5. The third-order valence-electron chi connectivity index (χ3n) is 4.87. The van der Waals surface area contributed by atoms with Crippen LogP contribution in [0.1, 0.15) is 38.7 Å². The van der Waals surface area contributed by atoms with E-state index in [1.54, 1.807) is 41.7 Å². The molecule has 0 spiro atoms. The lowest BCUT2D eigenvalue weighted by Gasteiger charge is -2.21. The Bertz CT molecular complexity index is 996. The minimum Gasteiger partial charge on any atom is -0.277 e. The Morgan fingerprint density at radius 1 is 1.32 bits per heavy atom. The minimum atomic E-state index is -1.43. The maximum Gasteiger partial charge on any atom is 0.256 e. The molecule has 0 saturated heterocycles. The first-order valence-electron chi connectivity index (χ1n) is 10.1. The molecular weight excluding hydrogens is 454 g/mol. The van der Waals surface area contributed by atoms with Gasteiger partial charge in [-0.2, -0.15) is 0 Å². The summed E-state index contributed by atoms with van der Waals surface area (Å²) in [6, 6.07) is 10.8. The molecule has 1 heterocycles. The quantitative estimate of drug-likeness (QED) is 0.227. The Balaban J connectivity index is 1.66. The number of nitrogens with zero attached hydrogens (tertiary/aromatic N) is 2. The molecule has 1 saturated carbocycles. The second kappa shape index (κ2) is 10.2. The van der Waals surface area contributed by atoms with Crippen LogP contribution in [0.3, 0.4) is 0 Å². The SMILES string of the molecule is CC(C=C[C@]1(F)CC1c1ccc(Cl)c(Cl)c1)=CC(=O)N(CC(C)C)Sc1ccccn1. The van der Waals surface area contributed by atoms with Gasteiger partial charge >= 0.3 is 0 Å². The molecule has 1 aromatic carbocycles. The van der Waals surface area contributed by atoms with Crippen LogP contribution in [0.15, 0.2) is 71.4 Å². The second-order valence-corrected chi connectivity index (χ2v) is 9.99. The van der Waals surface area contributed by atoms with E-state index in [1.165, 1.54) is 24.1 Å². The van der Waals surface area contributed by atoms with E-state index in [1.807, 2.05) is 18.2 Å². The monoisotopic (exact) mass is 478 g/mol. The van der Waals surface area contributed by atoms with E-state index in [0.29, 0.717) is 34.5 Å². The second-order valence-electron chi connectivity index (χ2n) is 8.13. The molecule has 3 rings (SSSR count). The number of hydrogen-bond donors (Lipinski definition) is 0. The highest BCUT2D eigenvalue weighted by Gasteiger charge is 2.54. The highest BCUT2D eigenvalue weighted by Crippen LogP contribution is 2.56. The van der Waals surface area contributed by atoms with Crippen molar-refractivity contribution in [1.82, 2.24) is 9.29 Å². The topological polar surface area (TPSA) is 33.2 Å². The lowest BCUT2D eigenvalue weighted by Crippen LogP contribution is -2.26. The van der Waals surface area contributed by atoms with E-state index in [-0.39, 0.29) is 11.8 Å². The van der Waals surface area contributed by atoms with Gasteiger partial charge in [-0.1, -0.05) is 55.3 Å². The first-order valence-corrected chi connectivity index (χ1v) is 11.6. The summed E-state index contributed by atoms with van der Waals surface area (Å²) in [6.07, 6.45) is 6.84. The lowest BCUT2D eigenvalue weighted by atomic mass is 10.1. The first-order chi connectivity index (χ1) is 14.7. The molecule has 1 aliphatic rings. The highest BCUT2D eigenvalue weighted by molar-refractivity contribution is 7.97. The van der Waals surface area contributed by atoms with E-state index in [2.05, 4.69) is 18.8 Å². The van der Waals surface area contributed by atoms with Gasteiger partial charge in [-0.3, -0.25) is 9.10 Å². The molecule has 1 unspecified atom stereocenters. The number of pyridine rings is 1. The molecule has 1 amide bonds. The predicted octanol–water partition coefficient (Wildman–Crippen LogP) is 7.28. The van der Waals surface area contributed by atoms with Crippen LogP contribution < -0.4 is 0 Å². The van der Waals surface area contributed by atoms with Crippen molar-refractivity contribution in [3.63, 3.8) is 0 Å². The van der Waals surface area contributed by atoms with E-state index >= 15 is 4.39 Å². The van der Waals surface area contributed by atoms with E-state index in [9.17, 15) is 4.79 Å². The van der Waals surface area contributed by atoms with Crippen molar-refractivity contribution in [3.05, 3.63) is 82.0 Å². The summed E-state index contributed by atoms with van der Waals surface area (Å²) >= 11 is 13.3. The van der Waals surface area contributed by atoms with Crippen molar-refractivity contribution < 1.29 is 9.18 Å². The maximum absolute atomic E-state index is 15.1. The molecule has 3 nitrogen and oxygen atoms in total. The standard InChI is InChI=1S/C24H25Cl2FN2OS/c1-16(2)15-29(31-22-6-4-5-11-28-22)23(30)12-17(3)9-10-24(27)14-19(24)18-7-8-20(25)21(26)13-18/h4-13,16,19H,14-15H2,1-3H3/t19?,24-/m0/s1. The van der Waals surface area contributed by atoms with Gasteiger partial charge in [-0.05, 0) is 60.7 Å². The average molecular weight is 479 g/mol. The number of hydrogen-bond acceptors (Lipinski definition) is 3. The van der Waals surface area contributed by atoms with Gasteiger partial charge in [-0.25, -0.2) is 9.37 Å². The Morgan fingerprint density at radius 2 is 2.10 bits per heavy atom. The molecule has 2 atom stereocenters. The summed E-state index contributed by atoms with van der Waals surface area (Å²) < 4.78 is 16.8. The fourth-order valence-corrected chi connectivity index (χ4v) is 4.46. The summed E-state index contributed by atoms with van der Waals surface area (Å²) in [5.41, 5.74) is 0.0849. The van der Waals surface area contributed by atoms with E-state index < -0.39 is 5.67 Å². The van der Waals surface area contributed by atoms with Gasteiger partial charge in [0.1, 0.15) is 10.7 Å². The molecule has 0 radical (unpaired) electrons. The molecule has 0 bridgehead atoms. The number of amides is 1. The van der Waals surface area contributed by atoms with Crippen molar-refractivity contribution in [2.45, 2.75) is 43.8 Å². The Kier molecular flexibility index (Phi) is 7.84. The smallest absolute Gasteiger partial charge is 0.256 e. The van der Waals surface area contributed by atoms with Crippen LogP contribution in [-0.2, 0) is 4.79 Å². The van der Waals surface area contributed by atoms with Crippen LogP contribution in [0, 0.1) is 5.92 Å². The molecule has 1 aromatic heterocycles. The lowest BCUT2D eigenvalue weighted by molar-refractivity contribution is -0.121. The van der Waals surface area contributed by atoms with Gasteiger partial charge in [0.05, 0.1) is 10.0 Å². The van der Waals surface area contributed by atoms with Crippen molar-refractivity contribution >= 4 is 41.1 Å². The van der Waals surface area contributed by atoms with Crippen LogP contribution in [0.2, 0.25) is 10.0 Å². The van der Waals surface area contributed by atoms with E-state index in [0.717, 1.165) is 10.6 Å². The number of allylic oxidation sites excluding steroid dienone is 3. The number of benzene rings is 1. The van der Waals surface area contributed by atoms with Crippen LogP contribution in [-0.4, -0.2) is 27.4 Å². The zero-order valence-electron chi connectivity index (χ0n) is 17.7. The minimum absolute atomic E-state index is 0.142. The first kappa shape index (κ1) is 23.8. The van der Waals surface area contributed by atoms with Crippen molar-refractivity contribution in [3.8, 4) is 0 Å². The zero-order valence-corrected chi connectivity index (χ0v) is 20.0. The Labute approximate surface area is 197 Å². The third-order valence-corrected chi connectivity index (χ3v) is 6.59. The molecule has 0 aliphatic heterocycles. The number of alkyl halides is 1. The predicted molar refractivity (Wildman–Crippen MR) is 127 cm³/mol. The molecule has 2 aromatic rings. The van der Waals surface area contributed by atoms with Gasteiger partial charge < -0.3 is 0 Å². The summed E-state index contributed by atoms with van der Waals surface area (Å²) in [5, 5.41) is 1.64. The summed E-state index contributed by atoms with van der Waals surface area (Å²) in [7, 11) is 0. The largest absolute Gasteiger partial charge is 0.277 e. The summed E-state index contributed by atoms with van der Waals surface area (Å²) in [4.78, 5) is 17.1. The number of carbonyl (C=O) groups is 1. The molecule has 0 N–H and O–H groups in total. The molecule has 1 fully saturated rings. The number of carbonyl (C=O) groups excluding carboxylic acids is 1. The molecular formula is C24H25Cl2FN2OS. The number of aromatic nitrogens is 1. The van der Waals surface area contributed by atoms with Crippen molar-refractivity contribution in [2.75, 3.05) is 6.54 Å². The van der Waals surface area contributed by atoms with Crippen LogP contribution in [0.5, 0.6) is 0 Å². The number of halogens is 3. The number of rotatable bonds is 8. The van der Waals surface area contributed by atoms with Gasteiger partial charge in [-0.15, -0.1) is 0 Å². The zero-order chi connectivity index (χ0) is 22.6.